The summed E-state index contributed by atoms with van der Waals surface area (Å²) < 4.78 is 8.42. The molecule has 0 bridgehead atoms. The third kappa shape index (κ3) is 3.55. The van der Waals surface area contributed by atoms with E-state index in [1.54, 1.807) is 0 Å². The molecule has 2 aromatic carbocycles. The van der Waals surface area contributed by atoms with Gasteiger partial charge >= 0.3 is 0 Å². The fraction of sp³-hybridized carbons (Fsp3) is 0.409. The van der Waals surface area contributed by atoms with Gasteiger partial charge < -0.3 is 9.30 Å². The van der Waals surface area contributed by atoms with Gasteiger partial charge in [0.1, 0.15) is 18.2 Å². The van der Waals surface area contributed by atoms with Crippen molar-refractivity contribution in [1.82, 2.24) is 9.55 Å². The molecule has 0 saturated carbocycles. The lowest BCUT2D eigenvalue weighted by atomic mass is 10.0. The van der Waals surface area contributed by atoms with Crippen LogP contribution in [0.5, 0.6) is 5.75 Å². The molecule has 0 aliphatic rings. The number of hydrogen-bond acceptors (Lipinski definition) is 2. The van der Waals surface area contributed by atoms with Crippen LogP contribution in [-0.4, -0.2) is 16.2 Å². The summed E-state index contributed by atoms with van der Waals surface area (Å²) in [4.78, 5) is 4.71. The molecular weight excluding hydrogens is 308 g/mol. The maximum absolute atomic E-state index is 6.16. The largest absolute Gasteiger partial charge is 0.491 e. The molecule has 0 fully saturated rings. The van der Waals surface area contributed by atoms with Crippen LogP contribution in [0.2, 0.25) is 0 Å². The summed E-state index contributed by atoms with van der Waals surface area (Å²) in [5.41, 5.74) is 7.35. The molecule has 132 valence electrons. The van der Waals surface area contributed by atoms with E-state index in [1.807, 2.05) is 0 Å². The molecule has 0 aliphatic carbocycles. The molecule has 0 spiro atoms. The van der Waals surface area contributed by atoms with Crippen LogP contribution in [0.4, 0.5) is 0 Å². The van der Waals surface area contributed by atoms with Crippen LogP contribution in [0, 0.1) is 27.7 Å². The highest BCUT2D eigenvalue weighted by molar-refractivity contribution is 5.78. The molecule has 25 heavy (non-hydrogen) atoms. The molecule has 3 heteroatoms. The van der Waals surface area contributed by atoms with Crippen LogP contribution >= 0.6 is 0 Å². The van der Waals surface area contributed by atoms with Crippen molar-refractivity contribution in [2.75, 3.05) is 6.61 Å². The molecule has 1 aromatic heterocycles. The predicted molar refractivity (Wildman–Crippen MR) is 105 cm³/mol. The van der Waals surface area contributed by atoms with Gasteiger partial charge in [0.25, 0.3) is 0 Å². The first-order chi connectivity index (χ1) is 11.9. The van der Waals surface area contributed by atoms with E-state index < -0.39 is 0 Å². The zero-order valence-electron chi connectivity index (χ0n) is 16.2. The number of benzene rings is 2. The van der Waals surface area contributed by atoms with Crippen molar-refractivity contribution < 1.29 is 4.74 Å². The van der Waals surface area contributed by atoms with E-state index in [1.165, 1.54) is 27.8 Å². The molecule has 0 aliphatic heterocycles. The lowest BCUT2D eigenvalue weighted by Crippen LogP contribution is -2.11. The number of fused-ring (bicyclic) bond motifs is 1. The van der Waals surface area contributed by atoms with Crippen molar-refractivity contribution in [2.45, 2.75) is 54.0 Å². The molecule has 0 atom stereocenters. The molecule has 0 amide bonds. The van der Waals surface area contributed by atoms with E-state index in [4.69, 9.17) is 9.72 Å². The van der Waals surface area contributed by atoms with E-state index in [0.29, 0.717) is 12.5 Å². The number of aromatic nitrogens is 2. The summed E-state index contributed by atoms with van der Waals surface area (Å²) in [5, 5.41) is 0. The Kier molecular flexibility index (Phi) is 4.85. The number of rotatable bonds is 5. The van der Waals surface area contributed by atoms with Crippen LogP contribution < -0.4 is 4.74 Å². The Bertz CT molecular complexity index is 906. The normalized spacial score (nSPS) is 11.5. The SMILES string of the molecule is Cc1ccc(C(C)C)c(OCCn2c(C)nc3cc(C)c(C)cc32)c1. The Balaban J connectivity index is 1.81. The topological polar surface area (TPSA) is 27.1 Å². The number of hydrogen-bond donors (Lipinski definition) is 0. The average Bonchev–Trinajstić information content (AvgIpc) is 2.83. The molecule has 3 aromatic rings. The molecule has 1 heterocycles. The lowest BCUT2D eigenvalue weighted by Gasteiger charge is -2.16. The van der Waals surface area contributed by atoms with E-state index in [0.717, 1.165) is 23.6 Å². The molecule has 0 N–H and O–H groups in total. The van der Waals surface area contributed by atoms with E-state index >= 15 is 0 Å². The number of imidazole rings is 1. The Morgan fingerprint density at radius 3 is 2.44 bits per heavy atom. The second kappa shape index (κ2) is 6.91. The summed E-state index contributed by atoms with van der Waals surface area (Å²) in [6.45, 7) is 14.3. The van der Waals surface area contributed by atoms with Crippen LogP contribution in [-0.2, 0) is 6.54 Å². The summed E-state index contributed by atoms with van der Waals surface area (Å²) in [7, 11) is 0. The lowest BCUT2D eigenvalue weighted by molar-refractivity contribution is 0.295. The van der Waals surface area contributed by atoms with Gasteiger partial charge in [-0.2, -0.15) is 0 Å². The van der Waals surface area contributed by atoms with Gasteiger partial charge in [0.05, 0.1) is 17.6 Å². The van der Waals surface area contributed by atoms with E-state index in [-0.39, 0.29) is 0 Å². The first-order valence-corrected chi connectivity index (χ1v) is 9.04. The zero-order valence-corrected chi connectivity index (χ0v) is 16.2. The standard InChI is InChI=1S/C22H28N2O/c1-14(2)19-8-7-15(3)11-22(19)25-10-9-24-18(6)23-20-12-16(4)17(5)13-21(20)24/h7-8,11-14H,9-10H2,1-6H3. The number of aryl methyl sites for hydroxylation is 4. The van der Waals surface area contributed by atoms with E-state index in [9.17, 15) is 0 Å². The van der Waals surface area contributed by atoms with Gasteiger partial charge in [-0.3, -0.25) is 0 Å². The zero-order chi connectivity index (χ0) is 18.1. The highest BCUT2D eigenvalue weighted by Gasteiger charge is 2.11. The fourth-order valence-corrected chi connectivity index (χ4v) is 3.27. The van der Waals surface area contributed by atoms with Crippen LogP contribution in [0.3, 0.4) is 0 Å². The molecule has 0 unspecified atom stereocenters. The van der Waals surface area contributed by atoms with Crippen molar-refractivity contribution >= 4 is 11.0 Å². The molecule has 3 nitrogen and oxygen atoms in total. The van der Waals surface area contributed by atoms with Gasteiger partial charge in [-0.25, -0.2) is 4.98 Å². The average molecular weight is 336 g/mol. The third-order valence-corrected chi connectivity index (χ3v) is 4.92. The summed E-state index contributed by atoms with van der Waals surface area (Å²) in [5.74, 6) is 2.50. The number of ether oxygens (including phenoxy) is 1. The monoisotopic (exact) mass is 336 g/mol. The van der Waals surface area contributed by atoms with Crippen molar-refractivity contribution in [3.05, 3.63) is 58.4 Å². The van der Waals surface area contributed by atoms with Crippen molar-refractivity contribution in [2.24, 2.45) is 0 Å². The maximum Gasteiger partial charge on any atom is 0.123 e. The predicted octanol–water partition coefficient (Wildman–Crippen LogP) is 5.47. The van der Waals surface area contributed by atoms with Gasteiger partial charge in [0.15, 0.2) is 0 Å². The second-order valence-electron chi connectivity index (χ2n) is 7.28. The van der Waals surface area contributed by atoms with Crippen LogP contribution in [0.15, 0.2) is 30.3 Å². The summed E-state index contributed by atoms with van der Waals surface area (Å²) in [6, 6.07) is 10.9. The molecule has 0 saturated heterocycles. The first-order valence-electron chi connectivity index (χ1n) is 9.04. The second-order valence-corrected chi connectivity index (χ2v) is 7.28. The van der Waals surface area contributed by atoms with Crippen molar-refractivity contribution in [3.63, 3.8) is 0 Å². The highest BCUT2D eigenvalue weighted by Crippen LogP contribution is 2.28. The first kappa shape index (κ1) is 17.5. The van der Waals surface area contributed by atoms with Gasteiger partial charge in [0.2, 0.25) is 0 Å². The molecular formula is C22H28N2O. The summed E-state index contributed by atoms with van der Waals surface area (Å²) >= 11 is 0. The van der Waals surface area contributed by atoms with Gasteiger partial charge in [-0.1, -0.05) is 26.0 Å². The Morgan fingerprint density at radius 1 is 1.00 bits per heavy atom. The Morgan fingerprint density at radius 2 is 1.72 bits per heavy atom. The summed E-state index contributed by atoms with van der Waals surface area (Å²) in [6.07, 6.45) is 0. The van der Waals surface area contributed by atoms with Gasteiger partial charge in [0, 0.05) is 0 Å². The molecule has 3 rings (SSSR count). The third-order valence-electron chi connectivity index (χ3n) is 4.92. The van der Waals surface area contributed by atoms with Crippen LogP contribution in [0.25, 0.3) is 11.0 Å². The fourth-order valence-electron chi connectivity index (χ4n) is 3.27. The maximum atomic E-state index is 6.16. The quantitative estimate of drug-likeness (QED) is 0.617. The van der Waals surface area contributed by atoms with Crippen LogP contribution in [0.1, 0.15) is 47.8 Å². The van der Waals surface area contributed by atoms with Crippen molar-refractivity contribution in [3.8, 4) is 5.75 Å². The Hall–Kier alpha value is -2.29. The van der Waals surface area contributed by atoms with Crippen molar-refractivity contribution in [1.29, 1.82) is 0 Å². The Labute approximate surface area is 150 Å². The number of nitrogens with zero attached hydrogens (tertiary/aromatic N) is 2. The molecule has 0 radical (unpaired) electrons. The highest BCUT2D eigenvalue weighted by atomic mass is 16.5. The minimum absolute atomic E-state index is 0.456. The van der Waals surface area contributed by atoms with E-state index in [2.05, 4.69) is 76.4 Å². The minimum Gasteiger partial charge on any atom is -0.491 e. The smallest absolute Gasteiger partial charge is 0.123 e. The minimum atomic E-state index is 0.456. The van der Waals surface area contributed by atoms with Gasteiger partial charge in [-0.15, -0.1) is 0 Å². The van der Waals surface area contributed by atoms with Gasteiger partial charge in [-0.05, 0) is 74.1 Å².